The van der Waals surface area contributed by atoms with Crippen molar-refractivity contribution in [3.63, 3.8) is 0 Å². The van der Waals surface area contributed by atoms with E-state index in [0.29, 0.717) is 22.7 Å². The summed E-state index contributed by atoms with van der Waals surface area (Å²) in [6.07, 6.45) is 5.92. The number of fused-ring (bicyclic) bond motifs is 1. The number of carbonyl (C=O) groups excluding carboxylic acids is 1. The van der Waals surface area contributed by atoms with Gasteiger partial charge in [-0.3, -0.25) is 4.79 Å². The van der Waals surface area contributed by atoms with Gasteiger partial charge in [0.2, 0.25) is 0 Å². The third-order valence-corrected chi connectivity index (χ3v) is 5.36. The first-order chi connectivity index (χ1) is 15.2. The first-order valence-corrected chi connectivity index (χ1v) is 11.2. The van der Waals surface area contributed by atoms with E-state index in [1.165, 1.54) is 5.56 Å². The molecule has 1 amide bonds. The van der Waals surface area contributed by atoms with E-state index in [2.05, 4.69) is 16.6 Å². The second-order valence-electron chi connectivity index (χ2n) is 6.94. The fourth-order valence-corrected chi connectivity index (χ4v) is 3.72. The Morgan fingerprint density at radius 2 is 1.94 bits per heavy atom. The van der Waals surface area contributed by atoms with Crippen molar-refractivity contribution in [1.82, 2.24) is 9.38 Å². The molecular weight excluding hydrogens is 410 g/mol. The zero-order valence-electron chi connectivity index (χ0n) is 17.4. The molecule has 7 heteroatoms. The van der Waals surface area contributed by atoms with Crippen molar-refractivity contribution < 1.29 is 14.3 Å². The number of amides is 1. The van der Waals surface area contributed by atoms with Crippen LogP contribution in [0.25, 0.3) is 5.65 Å². The van der Waals surface area contributed by atoms with E-state index in [4.69, 9.17) is 9.47 Å². The molecule has 2 aromatic heterocycles. The largest absolute Gasteiger partial charge is 0.493 e. The second kappa shape index (κ2) is 9.57. The predicted octanol–water partition coefficient (Wildman–Crippen LogP) is 5.04. The molecule has 0 saturated carbocycles. The van der Waals surface area contributed by atoms with Crippen LogP contribution in [0.1, 0.15) is 21.6 Å². The summed E-state index contributed by atoms with van der Waals surface area (Å²) >= 11 is 1.75. The Morgan fingerprint density at radius 1 is 1.10 bits per heavy atom. The molecule has 0 bridgehead atoms. The van der Waals surface area contributed by atoms with Crippen LogP contribution in [0.4, 0.5) is 5.69 Å². The molecule has 0 unspecified atom stereocenters. The van der Waals surface area contributed by atoms with Crippen molar-refractivity contribution in [3.05, 3.63) is 89.9 Å². The monoisotopic (exact) mass is 433 g/mol. The van der Waals surface area contributed by atoms with Gasteiger partial charge in [0.25, 0.3) is 5.91 Å². The zero-order chi connectivity index (χ0) is 21.6. The van der Waals surface area contributed by atoms with Crippen molar-refractivity contribution >= 4 is 29.0 Å². The van der Waals surface area contributed by atoms with E-state index in [0.717, 1.165) is 17.1 Å². The molecule has 0 aliphatic heterocycles. The quantitative estimate of drug-likeness (QED) is 0.422. The van der Waals surface area contributed by atoms with Crippen LogP contribution < -0.4 is 14.8 Å². The Bertz CT molecular complexity index is 1160. The van der Waals surface area contributed by atoms with Gasteiger partial charge in [-0.2, -0.15) is 11.8 Å². The number of hydrogen-bond donors (Lipinski definition) is 1. The lowest BCUT2D eigenvalue weighted by Gasteiger charge is -2.12. The van der Waals surface area contributed by atoms with Gasteiger partial charge in [-0.05, 0) is 48.2 Å². The zero-order valence-corrected chi connectivity index (χ0v) is 18.2. The molecular formula is C24H23N3O3S. The first-order valence-electron chi connectivity index (χ1n) is 9.79. The highest BCUT2D eigenvalue weighted by atomic mass is 32.2. The van der Waals surface area contributed by atoms with Crippen LogP contribution in [-0.2, 0) is 12.4 Å². The summed E-state index contributed by atoms with van der Waals surface area (Å²) in [7, 11) is 1.58. The Morgan fingerprint density at radius 3 is 2.68 bits per heavy atom. The summed E-state index contributed by atoms with van der Waals surface area (Å²) in [5.74, 6) is 1.87. The highest BCUT2D eigenvalue weighted by Gasteiger charge is 2.11. The summed E-state index contributed by atoms with van der Waals surface area (Å²) in [6, 6.07) is 18.8. The van der Waals surface area contributed by atoms with Crippen LogP contribution in [0.15, 0.2) is 73.1 Å². The van der Waals surface area contributed by atoms with Gasteiger partial charge in [-0.1, -0.05) is 18.2 Å². The maximum absolute atomic E-state index is 12.6. The summed E-state index contributed by atoms with van der Waals surface area (Å²) in [4.78, 5) is 17.2. The highest BCUT2D eigenvalue weighted by molar-refractivity contribution is 7.97. The maximum atomic E-state index is 12.6. The normalized spacial score (nSPS) is 10.8. The molecule has 6 nitrogen and oxygen atoms in total. The number of nitrogens with one attached hydrogen (secondary N) is 1. The summed E-state index contributed by atoms with van der Waals surface area (Å²) in [6.45, 7) is 0.284. The second-order valence-corrected chi connectivity index (χ2v) is 7.80. The minimum absolute atomic E-state index is 0.174. The summed E-state index contributed by atoms with van der Waals surface area (Å²) in [5.41, 5.74) is 4.08. The van der Waals surface area contributed by atoms with Crippen molar-refractivity contribution in [2.24, 2.45) is 0 Å². The predicted molar refractivity (Wildman–Crippen MR) is 124 cm³/mol. The van der Waals surface area contributed by atoms with Gasteiger partial charge < -0.3 is 19.2 Å². The van der Waals surface area contributed by atoms with Crippen LogP contribution in [0, 0.1) is 0 Å². The molecule has 0 fully saturated rings. The molecule has 4 rings (SSSR count). The van der Waals surface area contributed by atoms with Gasteiger partial charge in [-0.15, -0.1) is 0 Å². The van der Waals surface area contributed by atoms with Gasteiger partial charge >= 0.3 is 0 Å². The van der Waals surface area contributed by atoms with E-state index in [1.807, 2.05) is 59.3 Å². The lowest BCUT2D eigenvalue weighted by molar-refractivity contribution is 0.102. The number of hydrogen-bond acceptors (Lipinski definition) is 5. The number of ether oxygens (including phenoxy) is 2. The Hall–Kier alpha value is -3.45. The third kappa shape index (κ3) is 5.00. The average molecular weight is 434 g/mol. The van der Waals surface area contributed by atoms with Crippen LogP contribution in [0.5, 0.6) is 11.5 Å². The number of nitrogens with zero attached hydrogens (tertiary/aromatic N) is 2. The van der Waals surface area contributed by atoms with Crippen LogP contribution in [-0.4, -0.2) is 28.7 Å². The van der Waals surface area contributed by atoms with Gasteiger partial charge in [-0.25, -0.2) is 4.98 Å². The van der Waals surface area contributed by atoms with Crippen molar-refractivity contribution in [2.75, 3.05) is 18.7 Å². The number of thioether (sulfide) groups is 1. The molecule has 31 heavy (non-hydrogen) atoms. The smallest absolute Gasteiger partial charge is 0.255 e. The topological polar surface area (TPSA) is 64.9 Å². The molecule has 0 atom stereocenters. The number of anilines is 1. The Kier molecular flexibility index (Phi) is 6.43. The number of methoxy groups -OCH3 is 1. The summed E-state index contributed by atoms with van der Waals surface area (Å²) in [5, 5.41) is 2.92. The average Bonchev–Trinajstić information content (AvgIpc) is 3.21. The van der Waals surface area contributed by atoms with Crippen LogP contribution >= 0.6 is 11.8 Å². The van der Waals surface area contributed by atoms with E-state index in [9.17, 15) is 4.79 Å². The summed E-state index contributed by atoms with van der Waals surface area (Å²) < 4.78 is 13.3. The SMILES string of the molecule is COc1ccc(NC(=O)c2ccc(CSC)cc2)cc1OCc1cn2ccccc2n1. The number of imidazole rings is 1. The van der Waals surface area contributed by atoms with E-state index < -0.39 is 0 Å². The van der Waals surface area contributed by atoms with Crippen molar-refractivity contribution in [3.8, 4) is 11.5 Å². The highest BCUT2D eigenvalue weighted by Crippen LogP contribution is 2.31. The lowest BCUT2D eigenvalue weighted by atomic mass is 10.1. The van der Waals surface area contributed by atoms with Crippen molar-refractivity contribution in [2.45, 2.75) is 12.4 Å². The maximum Gasteiger partial charge on any atom is 0.255 e. The van der Waals surface area contributed by atoms with Gasteiger partial charge in [0, 0.05) is 35.5 Å². The Balaban J connectivity index is 1.46. The van der Waals surface area contributed by atoms with Crippen LogP contribution in [0.2, 0.25) is 0 Å². The fraction of sp³-hybridized carbons (Fsp3) is 0.167. The molecule has 0 radical (unpaired) electrons. The molecule has 1 N–H and O–H groups in total. The number of carbonyl (C=O) groups is 1. The fourth-order valence-electron chi connectivity index (χ4n) is 3.20. The molecule has 0 spiro atoms. The third-order valence-electron chi connectivity index (χ3n) is 4.74. The van der Waals surface area contributed by atoms with Crippen molar-refractivity contribution in [1.29, 1.82) is 0 Å². The van der Waals surface area contributed by atoms with E-state index in [-0.39, 0.29) is 12.5 Å². The number of aromatic nitrogens is 2. The molecule has 0 aliphatic rings. The molecule has 4 aromatic rings. The number of rotatable bonds is 8. The first kappa shape index (κ1) is 20.8. The lowest BCUT2D eigenvalue weighted by Crippen LogP contribution is -2.12. The minimum atomic E-state index is -0.174. The van der Waals surface area contributed by atoms with Crippen LogP contribution in [0.3, 0.4) is 0 Å². The van der Waals surface area contributed by atoms with Gasteiger partial charge in [0.15, 0.2) is 11.5 Å². The van der Waals surface area contributed by atoms with E-state index >= 15 is 0 Å². The molecule has 158 valence electrons. The molecule has 0 saturated heterocycles. The number of pyridine rings is 1. The van der Waals surface area contributed by atoms with Gasteiger partial charge in [0.05, 0.1) is 12.8 Å². The number of benzene rings is 2. The molecule has 0 aliphatic carbocycles. The molecule has 2 aromatic carbocycles. The van der Waals surface area contributed by atoms with Gasteiger partial charge in [0.1, 0.15) is 12.3 Å². The van der Waals surface area contributed by atoms with E-state index in [1.54, 1.807) is 37.1 Å². The molecule has 2 heterocycles. The minimum Gasteiger partial charge on any atom is -0.493 e. The standard InChI is InChI=1S/C24H23N3O3S/c1-29-21-11-10-19(26-24(28)18-8-6-17(7-9-18)16-31-2)13-22(21)30-15-20-14-27-12-4-3-5-23(27)25-20/h3-14H,15-16H2,1-2H3,(H,26,28). The Labute approximate surface area is 185 Å².